The van der Waals surface area contributed by atoms with Crippen molar-refractivity contribution in [1.29, 1.82) is 0 Å². The van der Waals surface area contributed by atoms with Gasteiger partial charge in [0.1, 0.15) is 6.54 Å². The van der Waals surface area contributed by atoms with Crippen molar-refractivity contribution >= 4 is 16.0 Å². The Morgan fingerprint density at radius 1 is 1.10 bits per heavy atom. The highest BCUT2D eigenvalue weighted by Gasteiger charge is 2.19. The fraction of sp³-hybridized carbons (Fsp3) is 0.409. The molecule has 0 amide bonds. The van der Waals surface area contributed by atoms with Gasteiger partial charge in [-0.1, -0.05) is 36.4 Å². The van der Waals surface area contributed by atoms with Crippen LogP contribution in [0.3, 0.4) is 0 Å². The molecule has 3 rings (SSSR count). The van der Waals surface area contributed by atoms with Crippen molar-refractivity contribution in [3.63, 3.8) is 0 Å². The largest absolute Gasteiger partial charge is 0.468 e. The SMILES string of the molecule is COC(=O)CNS(=O)(=O)c1ccc(-c2ccc(CCN3CCCC3C)cc2)cc1. The third-order valence-corrected chi connectivity index (χ3v) is 6.88. The smallest absolute Gasteiger partial charge is 0.320 e. The Kier molecular flexibility index (Phi) is 7.05. The highest BCUT2D eigenvalue weighted by molar-refractivity contribution is 7.89. The summed E-state index contributed by atoms with van der Waals surface area (Å²) in [6.07, 6.45) is 3.63. The number of nitrogens with one attached hydrogen (secondary N) is 1. The van der Waals surface area contributed by atoms with Crippen molar-refractivity contribution in [1.82, 2.24) is 9.62 Å². The summed E-state index contributed by atoms with van der Waals surface area (Å²) in [6, 6.07) is 15.7. The Hall–Kier alpha value is -2.22. The monoisotopic (exact) mass is 416 g/mol. The van der Waals surface area contributed by atoms with Gasteiger partial charge in [0.15, 0.2) is 0 Å². The molecular weight excluding hydrogens is 388 g/mol. The Morgan fingerprint density at radius 3 is 2.28 bits per heavy atom. The number of ether oxygens (including phenoxy) is 1. The molecule has 0 aromatic heterocycles. The second-order valence-electron chi connectivity index (χ2n) is 7.40. The number of rotatable bonds is 8. The molecule has 1 aliphatic rings. The first-order valence-electron chi connectivity index (χ1n) is 9.89. The molecule has 1 saturated heterocycles. The van der Waals surface area contributed by atoms with Gasteiger partial charge in [-0.15, -0.1) is 0 Å². The molecule has 1 heterocycles. The lowest BCUT2D eigenvalue weighted by Gasteiger charge is -2.20. The molecule has 0 saturated carbocycles. The topological polar surface area (TPSA) is 75.7 Å². The van der Waals surface area contributed by atoms with Crippen LogP contribution in [0.25, 0.3) is 11.1 Å². The Bertz CT molecular complexity index is 924. The van der Waals surface area contributed by atoms with Crippen molar-refractivity contribution in [2.24, 2.45) is 0 Å². The molecule has 1 N–H and O–H groups in total. The third-order valence-electron chi connectivity index (χ3n) is 5.46. The van der Waals surface area contributed by atoms with Crippen molar-refractivity contribution in [2.75, 3.05) is 26.7 Å². The predicted molar refractivity (Wildman–Crippen MR) is 113 cm³/mol. The molecule has 29 heavy (non-hydrogen) atoms. The molecule has 0 spiro atoms. The standard InChI is InChI=1S/C22H28N2O4S/c1-17-4-3-14-24(17)15-13-18-5-7-19(8-6-18)20-9-11-21(12-10-20)29(26,27)23-16-22(25)28-2/h5-12,17,23H,3-4,13-16H2,1-2H3. The van der Waals surface area contributed by atoms with E-state index in [9.17, 15) is 13.2 Å². The van der Waals surface area contributed by atoms with Crippen LogP contribution in [0.1, 0.15) is 25.3 Å². The summed E-state index contributed by atoms with van der Waals surface area (Å²) in [7, 11) is -2.53. The molecule has 2 aromatic rings. The first-order valence-corrected chi connectivity index (χ1v) is 11.4. The number of esters is 1. The number of likely N-dealkylation sites (tertiary alicyclic amines) is 1. The first-order chi connectivity index (χ1) is 13.9. The highest BCUT2D eigenvalue weighted by Crippen LogP contribution is 2.23. The van der Waals surface area contributed by atoms with E-state index in [-0.39, 0.29) is 4.90 Å². The molecule has 1 unspecified atom stereocenters. The molecule has 1 fully saturated rings. The van der Waals surface area contributed by atoms with Crippen LogP contribution in [0.2, 0.25) is 0 Å². The summed E-state index contributed by atoms with van der Waals surface area (Å²) in [5.41, 5.74) is 3.28. The van der Waals surface area contributed by atoms with E-state index in [2.05, 4.69) is 45.5 Å². The highest BCUT2D eigenvalue weighted by atomic mass is 32.2. The van der Waals surface area contributed by atoms with E-state index in [4.69, 9.17) is 0 Å². The molecule has 0 radical (unpaired) electrons. The van der Waals surface area contributed by atoms with Gasteiger partial charge in [-0.05, 0) is 61.6 Å². The number of carbonyl (C=O) groups excluding carboxylic acids is 1. The van der Waals surface area contributed by atoms with Gasteiger partial charge < -0.3 is 9.64 Å². The Morgan fingerprint density at radius 2 is 1.72 bits per heavy atom. The minimum Gasteiger partial charge on any atom is -0.468 e. The van der Waals surface area contributed by atoms with E-state index in [0.717, 1.165) is 24.1 Å². The zero-order valence-electron chi connectivity index (χ0n) is 16.9. The maximum Gasteiger partial charge on any atom is 0.320 e. The van der Waals surface area contributed by atoms with Crippen molar-refractivity contribution in [2.45, 2.75) is 37.1 Å². The fourth-order valence-electron chi connectivity index (χ4n) is 3.60. The molecule has 156 valence electrons. The van der Waals surface area contributed by atoms with Crippen LogP contribution in [-0.2, 0) is 26.0 Å². The van der Waals surface area contributed by atoms with Crippen molar-refractivity contribution < 1.29 is 17.9 Å². The quantitative estimate of drug-likeness (QED) is 0.670. The van der Waals surface area contributed by atoms with Crippen LogP contribution >= 0.6 is 0 Å². The zero-order chi connectivity index (χ0) is 20.9. The summed E-state index contributed by atoms with van der Waals surface area (Å²) in [5, 5.41) is 0. The number of hydrogen-bond donors (Lipinski definition) is 1. The lowest BCUT2D eigenvalue weighted by atomic mass is 10.0. The van der Waals surface area contributed by atoms with E-state index >= 15 is 0 Å². The minimum absolute atomic E-state index is 0.113. The van der Waals surface area contributed by atoms with Gasteiger partial charge in [0, 0.05) is 12.6 Å². The van der Waals surface area contributed by atoms with Gasteiger partial charge in [0.05, 0.1) is 12.0 Å². The van der Waals surface area contributed by atoms with Crippen LogP contribution in [0, 0.1) is 0 Å². The predicted octanol–water partition coefficient (Wildman–Crippen LogP) is 2.83. The van der Waals surface area contributed by atoms with Gasteiger partial charge in [0.25, 0.3) is 0 Å². The number of benzene rings is 2. The maximum atomic E-state index is 12.2. The van der Waals surface area contributed by atoms with Gasteiger partial charge in [-0.25, -0.2) is 8.42 Å². The second kappa shape index (κ2) is 9.52. The first kappa shape index (κ1) is 21.5. The second-order valence-corrected chi connectivity index (χ2v) is 9.17. The van der Waals surface area contributed by atoms with E-state index < -0.39 is 22.5 Å². The maximum absolute atomic E-state index is 12.2. The number of carbonyl (C=O) groups is 1. The Labute approximate surface area is 172 Å². The van der Waals surface area contributed by atoms with Crippen LogP contribution in [0.4, 0.5) is 0 Å². The number of methoxy groups -OCH3 is 1. The van der Waals surface area contributed by atoms with E-state index in [0.29, 0.717) is 6.04 Å². The van der Waals surface area contributed by atoms with Crippen LogP contribution in [0.15, 0.2) is 53.4 Å². The van der Waals surface area contributed by atoms with Gasteiger partial charge in [-0.2, -0.15) is 4.72 Å². The average molecular weight is 417 g/mol. The summed E-state index contributed by atoms with van der Waals surface area (Å²) in [4.78, 5) is 13.8. The van der Waals surface area contributed by atoms with E-state index in [1.165, 1.54) is 44.2 Å². The third kappa shape index (κ3) is 5.65. The van der Waals surface area contributed by atoms with Crippen molar-refractivity contribution in [3.05, 3.63) is 54.1 Å². The number of nitrogens with zero attached hydrogens (tertiary/aromatic N) is 1. The summed E-state index contributed by atoms with van der Waals surface area (Å²) < 4.78 is 31.1. The van der Waals surface area contributed by atoms with Crippen LogP contribution in [-0.4, -0.2) is 52.1 Å². The van der Waals surface area contributed by atoms with E-state index in [1.54, 1.807) is 12.1 Å². The molecule has 6 nitrogen and oxygen atoms in total. The van der Waals surface area contributed by atoms with Crippen LogP contribution < -0.4 is 4.72 Å². The van der Waals surface area contributed by atoms with Gasteiger partial charge >= 0.3 is 5.97 Å². The average Bonchev–Trinajstić information content (AvgIpc) is 3.15. The minimum atomic E-state index is -3.75. The number of hydrogen-bond acceptors (Lipinski definition) is 5. The van der Waals surface area contributed by atoms with Gasteiger partial charge in [0.2, 0.25) is 10.0 Å². The Balaban J connectivity index is 1.61. The molecule has 1 atom stereocenters. The molecular formula is C22H28N2O4S. The molecule has 2 aromatic carbocycles. The summed E-state index contributed by atoms with van der Waals surface area (Å²) >= 11 is 0. The van der Waals surface area contributed by atoms with Crippen molar-refractivity contribution in [3.8, 4) is 11.1 Å². The fourth-order valence-corrected chi connectivity index (χ4v) is 4.57. The lowest BCUT2D eigenvalue weighted by molar-refractivity contribution is -0.139. The zero-order valence-corrected chi connectivity index (χ0v) is 17.7. The molecule has 1 aliphatic heterocycles. The lowest BCUT2D eigenvalue weighted by Crippen LogP contribution is -2.30. The summed E-state index contributed by atoms with van der Waals surface area (Å²) in [6.45, 7) is 4.19. The normalized spacial score (nSPS) is 17.4. The molecule has 0 aliphatic carbocycles. The molecule has 0 bridgehead atoms. The van der Waals surface area contributed by atoms with E-state index in [1.807, 2.05) is 0 Å². The van der Waals surface area contributed by atoms with Crippen LogP contribution in [0.5, 0.6) is 0 Å². The summed E-state index contributed by atoms with van der Waals surface area (Å²) in [5.74, 6) is -0.635. The van der Waals surface area contributed by atoms with Gasteiger partial charge in [-0.3, -0.25) is 4.79 Å². The molecule has 7 heteroatoms. The number of sulfonamides is 1.